The quantitative estimate of drug-likeness (QED) is 0.706. The second-order valence-corrected chi connectivity index (χ2v) is 4.67. The first-order chi connectivity index (χ1) is 8.29. The third kappa shape index (κ3) is 3.41. The van der Waals surface area contributed by atoms with Gasteiger partial charge in [0.05, 0.1) is 39.3 Å². The van der Waals surface area contributed by atoms with Gasteiger partial charge in [-0.25, -0.2) is 4.39 Å². The Morgan fingerprint density at radius 1 is 1.18 bits per heavy atom. The van der Waals surface area contributed by atoms with Crippen LogP contribution in [0.3, 0.4) is 0 Å². The van der Waals surface area contributed by atoms with E-state index in [-0.39, 0.29) is 5.82 Å². The minimum atomic E-state index is -0.159. The smallest absolute Gasteiger partial charge is 0.123 e. The summed E-state index contributed by atoms with van der Waals surface area (Å²) in [5.41, 5.74) is 5.02. The standard InChI is InChI=1S/C13H20FN3/c14-12-2-4-13(5-3-12)17-10-8-16(9-11-17)7-1-6-15/h2-5H,1,6-11,15H2/p+2. The number of rotatable bonds is 4. The molecule has 0 atom stereocenters. The molecule has 17 heavy (non-hydrogen) atoms. The topological polar surface area (TPSA) is 35.3 Å². The molecule has 1 aliphatic heterocycles. The first-order valence-corrected chi connectivity index (χ1v) is 6.43. The van der Waals surface area contributed by atoms with Crippen molar-refractivity contribution in [3.63, 3.8) is 0 Å². The summed E-state index contributed by atoms with van der Waals surface area (Å²) >= 11 is 0. The normalized spacial score (nSPS) is 17.4. The van der Waals surface area contributed by atoms with Crippen molar-refractivity contribution in [2.45, 2.75) is 6.42 Å². The van der Waals surface area contributed by atoms with Gasteiger partial charge in [-0.1, -0.05) is 0 Å². The molecule has 0 radical (unpaired) electrons. The predicted molar refractivity (Wildman–Crippen MR) is 66.5 cm³/mol. The highest BCUT2D eigenvalue weighted by Crippen LogP contribution is 2.14. The highest BCUT2D eigenvalue weighted by Gasteiger charge is 2.19. The van der Waals surface area contributed by atoms with Crippen molar-refractivity contribution in [3.05, 3.63) is 30.1 Å². The Kier molecular flexibility index (Phi) is 4.34. The Morgan fingerprint density at radius 2 is 1.82 bits per heavy atom. The van der Waals surface area contributed by atoms with Gasteiger partial charge < -0.3 is 15.5 Å². The highest BCUT2D eigenvalue weighted by atomic mass is 19.1. The van der Waals surface area contributed by atoms with E-state index in [0.29, 0.717) is 0 Å². The minimum Gasteiger partial charge on any atom is -0.360 e. The number of quaternary nitrogens is 2. The Bertz CT molecular complexity index is 331. The van der Waals surface area contributed by atoms with Crippen LogP contribution < -0.4 is 15.5 Å². The van der Waals surface area contributed by atoms with Crippen LogP contribution in [0.5, 0.6) is 0 Å². The van der Waals surface area contributed by atoms with E-state index in [1.54, 1.807) is 4.90 Å². The lowest BCUT2D eigenvalue weighted by molar-refractivity contribution is -0.901. The van der Waals surface area contributed by atoms with Crippen LogP contribution >= 0.6 is 0 Å². The van der Waals surface area contributed by atoms with Crippen molar-refractivity contribution in [1.29, 1.82) is 0 Å². The summed E-state index contributed by atoms with van der Waals surface area (Å²) in [6.07, 6.45) is 1.21. The summed E-state index contributed by atoms with van der Waals surface area (Å²) in [4.78, 5) is 4.01. The Labute approximate surface area is 102 Å². The van der Waals surface area contributed by atoms with Crippen molar-refractivity contribution in [2.75, 3.05) is 44.2 Å². The fraction of sp³-hybridized carbons (Fsp3) is 0.538. The molecule has 1 aromatic carbocycles. The van der Waals surface area contributed by atoms with Crippen molar-refractivity contribution >= 4 is 5.69 Å². The predicted octanol–water partition coefficient (Wildman–Crippen LogP) is -0.837. The van der Waals surface area contributed by atoms with Gasteiger partial charge in [-0.2, -0.15) is 0 Å². The SMILES string of the molecule is [NH3+]CCC[NH+]1CCN(c2ccc(F)cc2)CC1. The summed E-state index contributed by atoms with van der Waals surface area (Å²) in [7, 11) is 0. The van der Waals surface area contributed by atoms with E-state index in [4.69, 9.17) is 0 Å². The molecule has 94 valence electrons. The van der Waals surface area contributed by atoms with Gasteiger partial charge in [0, 0.05) is 12.1 Å². The third-order valence-corrected chi connectivity index (χ3v) is 3.44. The zero-order valence-electron chi connectivity index (χ0n) is 10.3. The van der Waals surface area contributed by atoms with Crippen molar-refractivity contribution in [3.8, 4) is 0 Å². The van der Waals surface area contributed by atoms with Crippen LogP contribution in [0.1, 0.15) is 6.42 Å². The molecule has 0 amide bonds. The number of benzene rings is 1. The molecule has 1 aromatic rings. The summed E-state index contributed by atoms with van der Waals surface area (Å²) in [6.45, 7) is 6.76. The average molecular weight is 239 g/mol. The number of nitrogens with zero attached hydrogens (tertiary/aromatic N) is 1. The monoisotopic (exact) mass is 239 g/mol. The molecular formula is C13H22FN3+2. The van der Waals surface area contributed by atoms with Gasteiger partial charge in [0.2, 0.25) is 0 Å². The van der Waals surface area contributed by atoms with Gasteiger partial charge in [0.15, 0.2) is 0 Å². The zero-order chi connectivity index (χ0) is 12.1. The van der Waals surface area contributed by atoms with Crippen LogP contribution in [-0.2, 0) is 0 Å². The Morgan fingerprint density at radius 3 is 2.41 bits per heavy atom. The minimum absolute atomic E-state index is 0.159. The van der Waals surface area contributed by atoms with Gasteiger partial charge in [-0.05, 0) is 24.3 Å². The fourth-order valence-electron chi connectivity index (χ4n) is 2.36. The molecule has 0 saturated carbocycles. The maximum Gasteiger partial charge on any atom is 0.123 e. The average Bonchev–Trinajstić information content (AvgIpc) is 2.38. The number of anilines is 1. The van der Waals surface area contributed by atoms with Crippen LogP contribution in [0.4, 0.5) is 10.1 Å². The molecule has 4 N–H and O–H groups in total. The van der Waals surface area contributed by atoms with E-state index in [9.17, 15) is 4.39 Å². The molecule has 0 aliphatic carbocycles. The fourth-order valence-corrected chi connectivity index (χ4v) is 2.36. The number of piperazine rings is 1. The van der Waals surface area contributed by atoms with Gasteiger partial charge in [0.1, 0.15) is 5.82 Å². The molecule has 1 saturated heterocycles. The van der Waals surface area contributed by atoms with Crippen molar-refractivity contribution in [1.82, 2.24) is 0 Å². The van der Waals surface area contributed by atoms with Crippen molar-refractivity contribution < 1.29 is 15.0 Å². The number of halogens is 1. The van der Waals surface area contributed by atoms with E-state index >= 15 is 0 Å². The molecule has 1 aliphatic rings. The highest BCUT2D eigenvalue weighted by molar-refractivity contribution is 5.46. The van der Waals surface area contributed by atoms with Gasteiger partial charge in [-0.15, -0.1) is 0 Å². The van der Waals surface area contributed by atoms with E-state index < -0.39 is 0 Å². The lowest BCUT2D eigenvalue weighted by Crippen LogP contribution is -3.15. The molecule has 0 bridgehead atoms. The van der Waals surface area contributed by atoms with Crippen LogP contribution in [0, 0.1) is 5.82 Å². The lowest BCUT2D eigenvalue weighted by Gasteiger charge is -2.33. The molecule has 3 nitrogen and oxygen atoms in total. The molecule has 2 rings (SSSR count). The second-order valence-electron chi connectivity index (χ2n) is 4.67. The largest absolute Gasteiger partial charge is 0.360 e. The van der Waals surface area contributed by atoms with E-state index in [2.05, 4.69) is 10.6 Å². The van der Waals surface area contributed by atoms with Crippen LogP contribution in [0.25, 0.3) is 0 Å². The molecule has 0 spiro atoms. The van der Waals surface area contributed by atoms with Gasteiger partial charge >= 0.3 is 0 Å². The lowest BCUT2D eigenvalue weighted by atomic mass is 10.2. The van der Waals surface area contributed by atoms with E-state index in [1.807, 2.05) is 12.1 Å². The number of nitrogens with one attached hydrogen (secondary N) is 1. The summed E-state index contributed by atoms with van der Waals surface area (Å²) in [6, 6.07) is 6.82. The summed E-state index contributed by atoms with van der Waals surface area (Å²) in [5, 5.41) is 0. The first kappa shape index (κ1) is 12.3. The van der Waals surface area contributed by atoms with E-state index in [0.717, 1.165) is 25.3 Å². The molecule has 1 heterocycles. The zero-order valence-corrected chi connectivity index (χ0v) is 10.3. The van der Waals surface area contributed by atoms with Crippen LogP contribution in [0.15, 0.2) is 24.3 Å². The molecular weight excluding hydrogens is 217 g/mol. The molecule has 1 fully saturated rings. The molecule has 0 unspecified atom stereocenters. The maximum absolute atomic E-state index is 12.8. The van der Waals surface area contributed by atoms with E-state index in [1.165, 1.54) is 38.2 Å². The Balaban J connectivity index is 1.84. The molecule has 4 heteroatoms. The maximum atomic E-state index is 12.8. The summed E-state index contributed by atoms with van der Waals surface area (Å²) in [5.74, 6) is -0.159. The van der Waals surface area contributed by atoms with Gasteiger partial charge in [0.25, 0.3) is 0 Å². The summed E-state index contributed by atoms with van der Waals surface area (Å²) < 4.78 is 12.8. The first-order valence-electron chi connectivity index (χ1n) is 6.43. The van der Waals surface area contributed by atoms with Gasteiger partial charge in [-0.3, -0.25) is 0 Å². The van der Waals surface area contributed by atoms with Crippen LogP contribution in [0.2, 0.25) is 0 Å². The Hall–Kier alpha value is -1.13. The molecule has 0 aromatic heterocycles. The van der Waals surface area contributed by atoms with Crippen LogP contribution in [-0.4, -0.2) is 39.3 Å². The second kappa shape index (κ2) is 5.98. The third-order valence-electron chi connectivity index (χ3n) is 3.44. The number of hydrogen-bond donors (Lipinski definition) is 2. The number of hydrogen-bond acceptors (Lipinski definition) is 1. The van der Waals surface area contributed by atoms with Crippen molar-refractivity contribution in [2.24, 2.45) is 0 Å².